The Morgan fingerprint density at radius 3 is 2.92 bits per heavy atom. The van der Waals surface area contributed by atoms with Crippen LogP contribution in [0.1, 0.15) is 19.3 Å². The van der Waals surface area contributed by atoms with Crippen LogP contribution < -0.4 is 5.32 Å². The first-order valence-electron chi connectivity index (χ1n) is 5.37. The zero-order valence-electron chi connectivity index (χ0n) is 8.46. The Morgan fingerprint density at radius 1 is 1.46 bits per heavy atom. The standard InChI is InChI=1S/C10H20N2O/c1-12(10-2-3-10)6-4-9-8-13-7-5-11-9/h9-11H,2-8H2,1H3. The summed E-state index contributed by atoms with van der Waals surface area (Å²) in [6, 6.07) is 1.49. The quantitative estimate of drug-likeness (QED) is 0.687. The molecule has 1 saturated carbocycles. The molecule has 0 aromatic carbocycles. The van der Waals surface area contributed by atoms with E-state index in [2.05, 4.69) is 17.3 Å². The second-order valence-corrected chi connectivity index (χ2v) is 4.23. The molecule has 0 aromatic heterocycles. The average molecular weight is 184 g/mol. The Hall–Kier alpha value is -0.120. The van der Waals surface area contributed by atoms with Crippen molar-refractivity contribution in [3.8, 4) is 0 Å². The minimum Gasteiger partial charge on any atom is -0.379 e. The van der Waals surface area contributed by atoms with E-state index in [9.17, 15) is 0 Å². The summed E-state index contributed by atoms with van der Waals surface area (Å²) in [6.45, 7) is 4.02. The first-order chi connectivity index (χ1) is 6.36. The summed E-state index contributed by atoms with van der Waals surface area (Å²) >= 11 is 0. The van der Waals surface area contributed by atoms with Crippen LogP contribution in [-0.2, 0) is 4.74 Å². The molecular formula is C10H20N2O. The number of nitrogens with zero attached hydrogens (tertiary/aromatic N) is 1. The normalized spacial score (nSPS) is 29.5. The van der Waals surface area contributed by atoms with Gasteiger partial charge in [0.1, 0.15) is 0 Å². The molecule has 3 nitrogen and oxygen atoms in total. The lowest BCUT2D eigenvalue weighted by Gasteiger charge is -2.26. The molecule has 2 aliphatic rings. The number of rotatable bonds is 4. The molecule has 1 aliphatic carbocycles. The van der Waals surface area contributed by atoms with Gasteiger partial charge in [0.05, 0.1) is 13.2 Å². The second kappa shape index (κ2) is 4.40. The maximum atomic E-state index is 5.41. The number of hydrogen-bond donors (Lipinski definition) is 1. The highest BCUT2D eigenvalue weighted by Gasteiger charge is 2.26. The minimum absolute atomic E-state index is 0.593. The van der Waals surface area contributed by atoms with Gasteiger partial charge >= 0.3 is 0 Å². The summed E-state index contributed by atoms with van der Waals surface area (Å²) < 4.78 is 5.41. The van der Waals surface area contributed by atoms with E-state index in [4.69, 9.17) is 4.74 Å². The molecule has 1 heterocycles. The van der Waals surface area contributed by atoms with Crippen LogP contribution in [0.2, 0.25) is 0 Å². The van der Waals surface area contributed by atoms with E-state index in [1.54, 1.807) is 0 Å². The van der Waals surface area contributed by atoms with Gasteiger partial charge in [0.15, 0.2) is 0 Å². The van der Waals surface area contributed by atoms with Gasteiger partial charge in [-0.15, -0.1) is 0 Å². The van der Waals surface area contributed by atoms with Crippen LogP contribution in [0.5, 0.6) is 0 Å². The zero-order chi connectivity index (χ0) is 9.10. The fraction of sp³-hybridized carbons (Fsp3) is 1.00. The van der Waals surface area contributed by atoms with Gasteiger partial charge in [-0.3, -0.25) is 0 Å². The highest BCUT2D eigenvalue weighted by molar-refractivity contribution is 4.83. The van der Waals surface area contributed by atoms with E-state index in [0.717, 1.165) is 25.8 Å². The Balaban J connectivity index is 1.60. The lowest BCUT2D eigenvalue weighted by molar-refractivity contribution is 0.0707. The van der Waals surface area contributed by atoms with Crippen LogP contribution in [0.25, 0.3) is 0 Å². The van der Waals surface area contributed by atoms with Gasteiger partial charge in [-0.1, -0.05) is 0 Å². The summed E-state index contributed by atoms with van der Waals surface area (Å²) in [5.74, 6) is 0. The monoisotopic (exact) mass is 184 g/mol. The molecule has 76 valence electrons. The van der Waals surface area contributed by atoms with Gasteiger partial charge in [0, 0.05) is 18.6 Å². The molecule has 1 saturated heterocycles. The first kappa shape index (κ1) is 9.44. The summed E-state index contributed by atoms with van der Waals surface area (Å²) in [5.41, 5.74) is 0. The van der Waals surface area contributed by atoms with Crippen LogP contribution in [0.3, 0.4) is 0 Å². The Labute approximate surface area is 80.4 Å². The molecule has 0 bridgehead atoms. The zero-order valence-corrected chi connectivity index (χ0v) is 8.46. The highest BCUT2D eigenvalue weighted by Crippen LogP contribution is 2.25. The van der Waals surface area contributed by atoms with Gasteiger partial charge < -0.3 is 15.0 Å². The van der Waals surface area contributed by atoms with Crippen molar-refractivity contribution in [2.75, 3.05) is 33.4 Å². The maximum Gasteiger partial charge on any atom is 0.0620 e. The van der Waals surface area contributed by atoms with E-state index in [1.165, 1.54) is 25.8 Å². The van der Waals surface area contributed by atoms with Crippen LogP contribution in [-0.4, -0.2) is 50.3 Å². The molecule has 2 rings (SSSR count). The van der Waals surface area contributed by atoms with Crippen molar-refractivity contribution >= 4 is 0 Å². The molecule has 0 amide bonds. The minimum atomic E-state index is 0.593. The largest absolute Gasteiger partial charge is 0.379 e. The number of ether oxygens (including phenoxy) is 1. The molecule has 13 heavy (non-hydrogen) atoms. The molecule has 2 fully saturated rings. The van der Waals surface area contributed by atoms with Crippen LogP contribution in [0.15, 0.2) is 0 Å². The van der Waals surface area contributed by atoms with Crippen molar-refractivity contribution in [3.63, 3.8) is 0 Å². The predicted molar refractivity (Wildman–Crippen MR) is 52.9 cm³/mol. The third-order valence-electron chi connectivity index (χ3n) is 3.00. The average Bonchev–Trinajstić information content (AvgIpc) is 2.99. The third-order valence-corrected chi connectivity index (χ3v) is 3.00. The van der Waals surface area contributed by atoms with Crippen molar-refractivity contribution in [3.05, 3.63) is 0 Å². The first-order valence-corrected chi connectivity index (χ1v) is 5.37. The van der Waals surface area contributed by atoms with Gasteiger partial charge in [-0.05, 0) is 32.9 Å². The Kier molecular flexibility index (Phi) is 3.19. The number of nitrogens with one attached hydrogen (secondary N) is 1. The Bertz CT molecular complexity index is 153. The van der Waals surface area contributed by atoms with Crippen molar-refractivity contribution < 1.29 is 4.74 Å². The number of hydrogen-bond acceptors (Lipinski definition) is 3. The van der Waals surface area contributed by atoms with E-state index in [0.29, 0.717) is 6.04 Å². The van der Waals surface area contributed by atoms with E-state index >= 15 is 0 Å². The lowest BCUT2D eigenvalue weighted by Crippen LogP contribution is -2.43. The van der Waals surface area contributed by atoms with Crippen molar-refractivity contribution in [2.45, 2.75) is 31.3 Å². The van der Waals surface area contributed by atoms with Crippen LogP contribution >= 0.6 is 0 Å². The molecular weight excluding hydrogens is 164 g/mol. The predicted octanol–water partition coefficient (Wildman–Crippen LogP) is 0.459. The smallest absolute Gasteiger partial charge is 0.0620 e. The summed E-state index contributed by atoms with van der Waals surface area (Å²) in [7, 11) is 2.24. The molecule has 0 spiro atoms. The van der Waals surface area contributed by atoms with Gasteiger partial charge in [-0.2, -0.15) is 0 Å². The molecule has 3 heteroatoms. The summed E-state index contributed by atoms with van der Waals surface area (Å²) in [4.78, 5) is 2.48. The molecule has 1 unspecified atom stereocenters. The molecule has 1 atom stereocenters. The van der Waals surface area contributed by atoms with Gasteiger partial charge in [0.2, 0.25) is 0 Å². The fourth-order valence-electron chi connectivity index (χ4n) is 1.86. The third kappa shape index (κ3) is 2.93. The Morgan fingerprint density at radius 2 is 2.31 bits per heavy atom. The van der Waals surface area contributed by atoms with Gasteiger partial charge in [0.25, 0.3) is 0 Å². The summed E-state index contributed by atoms with van der Waals surface area (Å²) in [6.07, 6.45) is 4.04. The molecule has 0 radical (unpaired) electrons. The molecule has 1 N–H and O–H groups in total. The van der Waals surface area contributed by atoms with Crippen molar-refractivity contribution in [1.82, 2.24) is 10.2 Å². The molecule has 0 aromatic rings. The SMILES string of the molecule is CN(CCC1COCCN1)C1CC1. The fourth-order valence-corrected chi connectivity index (χ4v) is 1.86. The second-order valence-electron chi connectivity index (χ2n) is 4.23. The van der Waals surface area contributed by atoms with Crippen LogP contribution in [0, 0.1) is 0 Å². The molecule has 1 aliphatic heterocycles. The topological polar surface area (TPSA) is 24.5 Å². The van der Waals surface area contributed by atoms with Crippen molar-refractivity contribution in [1.29, 1.82) is 0 Å². The van der Waals surface area contributed by atoms with Crippen molar-refractivity contribution in [2.24, 2.45) is 0 Å². The van der Waals surface area contributed by atoms with E-state index < -0.39 is 0 Å². The van der Waals surface area contributed by atoms with Crippen LogP contribution in [0.4, 0.5) is 0 Å². The van der Waals surface area contributed by atoms with Gasteiger partial charge in [-0.25, -0.2) is 0 Å². The summed E-state index contributed by atoms with van der Waals surface area (Å²) in [5, 5.41) is 3.48. The highest BCUT2D eigenvalue weighted by atomic mass is 16.5. The maximum absolute atomic E-state index is 5.41. The van der Waals surface area contributed by atoms with E-state index in [-0.39, 0.29) is 0 Å². The number of morpholine rings is 1. The van der Waals surface area contributed by atoms with E-state index in [1.807, 2.05) is 0 Å². The lowest BCUT2D eigenvalue weighted by atomic mass is 10.2.